The van der Waals surface area contributed by atoms with Gasteiger partial charge in [-0.2, -0.15) is 0 Å². The van der Waals surface area contributed by atoms with Crippen molar-refractivity contribution >= 4 is 5.91 Å². The standard InChI is InChI=1S/C18H33N3O3/c1-20(2)8-4-7-19-17(22)15-11-14-12-18(23-9-10-24-18)6-5-16(14)21(3)13-15/h14-16H,4-13H2,1-3H3,(H,19,22)/t14?,15?,16-/m1/s1. The molecule has 138 valence electrons. The van der Waals surface area contributed by atoms with Gasteiger partial charge in [-0.25, -0.2) is 0 Å². The van der Waals surface area contributed by atoms with Crippen LogP contribution in [0.4, 0.5) is 0 Å². The summed E-state index contributed by atoms with van der Waals surface area (Å²) >= 11 is 0. The predicted octanol–water partition coefficient (Wildman–Crippen LogP) is 0.918. The van der Waals surface area contributed by atoms with Crippen LogP contribution in [-0.4, -0.2) is 81.5 Å². The summed E-state index contributed by atoms with van der Waals surface area (Å²) in [7, 11) is 6.28. The molecule has 6 nitrogen and oxygen atoms in total. The number of carbonyl (C=O) groups is 1. The van der Waals surface area contributed by atoms with E-state index in [4.69, 9.17) is 9.47 Å². The van der Waals surface area contributed by atoms with E-state index in [1.165, 1.54) is 0 Å². The van der Waals surface area contributed by atoms with Crippen molar-refractivity contribution in [3.05, 3.63) is 0 Å². The van der Waals surface area contributed by atoms with Crippen molar-refractivity contribution in [3.63, 3.8) is 0 Å². The Morgan fingerprint density at radius 2 is 2.08 bits per heavy atom. The molecule has 2 saturated heterocycles. The highest BCUT2D eigenvalue weighted by Gasteiger charge is 2.49. The van der Waals surface area contributed by atoms with Crippen LogP contribution in [0.25, 0.3) is 0 Å². The first-order chi connectivity index (χ1) is 11.5. The molecule has 0 bridgehead atoms. The second-order valence-corrected chi connectivity index (χ2v) is 8.00. The van der Waals surface area contributed by atoms with E-state index in [2.05, 4.69) is 36.3 Å². The first-order valence-electron chi connectivity index (χ1n) is 9.40. The lowest BCUT2D eigenvalue weighted by atomic mass is 9.72. The summed E-state index contributed by atoms with van der Waals surface area (Å²) in [6, 6.07) is 0.571. The van der Waals surface area contributed by atoms with E-state index in [1.807, 2.05) is 0 Å². The number of carbonyl (C=O) groups excluding carboxylic acids is 1. The minimum Gasteiger partial charge on any atom is -0.356 e. The average Bonchev–Trinajstić information content (AvgIpc) is 2.98. The van der Waals surface area contributed by atoms with Crippen LogP contribution in [0.5, 0.6) is 0 Å². The smallest absolute Gasteiger partial charge is 0.224 e. The van der Waals surface area contributed by atoms with Gasteiger partial charge in [0.2, 0.25) is 5.91 Å². The van der Waals surface area contributed by atoms with Crippen molar-refractivity contribution in [2.75, 3.05) is 54.0 Å². The van der Waals surface area contributed by atoms with Crippen LogP contribution in [0.3, 0.4) is 0 Å². The number of fused-ring (bicyclic) bond motifs is 1. The lowest BCUT2D eigenvalue weighted by Gasteiger charge is -2.49. The van der Waals surface area contributed by atoms with E-state index in [-0.39, 0.29) is 17.6 Å². The summed E-state index contributed by atoms with van der Waals surface area (Å²) in [4.78, 5) is 17.1. The fraction of sp³-hybridized carbons (Fsp3) is 0.944. The molecule has 3 rings (SSSR count). The lowest BCUT2D eigenvalue weighted by Crippen LogP contribution is -2.55. The fourth-order valence-electron chi connectivity index (χ4n) is 4.69. The molecule has 1 N–H and O–H groups in total. The number of rotatable bonds is 5. The zero-order valence-electron chi connectivity index (χ0n) is 15.4. The van der Waals surface area contributed by atoms with Gasteiger partial charge in [0.25, 0.3) is 0 Å². The van der Waals surface area contributed by atoms with Crippen LogP contribution in [0.15, 0.2) is 0 Å². The van der Waals surface area contributed by atoms with Gasteiger partial charge in [-0.15, -0.1) is 0 Å². The van der Waals surface area contributed by atoms with Crippen molar-refractivity contribution in [2.24, 2.45) is 11.8 Å². The maximum atomic E-state index is 12.6. The molecule has 0 radical (unpaired) electrons. The lowest BCUT2D eigenvalue weighted by molar-refractivity contribution is -0.202. The average molecular weight is 339 g/mol. The van der Waals surface area contributed by atoms with Gasteiger partial charge in [0, 0.05) is 32.0 Å². The molecule has 3 atom stereocenters. The molecule has 0 aromatic rings. The molecule has 2 unspecified atom stereocenters. The minimum absolute atomic E-state index is 0.0900. The summed E-state index contributed by atoms with van der Waals surface area (Å²) in [5, 5.41) is 3.13. The molecule has 3 aliphatic rings. The summed E-state index contributed by atoms with van der Waals surface area (Å²) in [5.74, 6) is 0.443. The number of piperidine rings is 1. The number of amides is 1. The second-order valence-electron chi connectivity index (χ2n) is 8.00. The molecule has 2 heterocycles. The van der Waals surface area contributed by atoms with Crippen molar-refractivity contribution < 1.29 is 14.3 Å². The third-order valence-electron chi connectivity index (χ3n) is 5.87. The molecule has 0 aromatic heterocycles. The Balaban J connectivity index is 1.52. The van der Waals surface area contributed by atoms with E-state index in [1.54, 1.807) is 0 Å². The van der Waals surface area contributed by atoms with E-state index < -0.39 is 0 Å². The maximum absolute atomic E-state index is 12.6. The van der Waals surface area contributed by atoms with E-state index >= 15 is 0 Å². The Morgan fingerprint density at radius 3 is 2.79 bits per heavy atom. The molecule has 1 spiro atoms. The van der Waals surface area contributed by atoms with Crippen LogP contribution in [0, 0.1) is 11.8 Å². The molecule has 24 heavy (non-hydrogen) atoms. The largest absolute Gasteiger partial charge is 0.356 e. The summed E-state index contributed by atoms with van der Waals surface area (Å²) in [5.41, 5.74) is 0. The molecule has 1 aliphatic carbocycles. The zero-order valence-corrected chi connectivity index (χ0v) is 15.4. The van der Waals surface area contributed by atoms with Crippen molar-refractivity contribution in [1.29, 1.82) is 0 Å². The van der Waals surface area contributed by atoms with Crippen molar-refractivity contribution in [1.82, 2.24) is 15.1 Å². The number of hydrogen-bond acceptors (Lipinski definition) is 5. The summed E-state index contributed by atoms with van der Waals surface area (Å²) in [6.45, 7) is 4.07. The Labute approximate surface area is 145 Å². The Kier molecular flexibility index (Phi) is 5.80. The van der Waals surface area contributed by atoms with Crippen LogP contribution in [-0.2, 0) is 14.3 Å². The normalized spacial score (nSPS) is 32.9. The van der Waals surface area contributed by atoms with Gasteiger partial charge in [0.15, 0.2) is 5.79 Å². The van der Waals surface area contributed by atoms with Crippen molar-refractivity contribution in [3.8, 4) is 0 Å². The Bertz CT molecular complexity index is 437. The molecular weight excluding hydrogens is 306 g/mol. The van der Waals surface area contributed by atoms with E-state index in [0.717, 1.165) is 51.7 Å². The van der Waals surface area contributed by atoms with Gasteiger partial charge in [-0.3, -0.25) is 4.79 Å². The number of likely N-dealkylation sites (tertiary alicyclic amines) is 1. The number of nitrogens with zero attached hydrogens (tertiary/aromatic N) is 2. The summed E-state index contributed by atoms with van der Waals surface area (Å²) < 4.78 is 11.8. The second kappa shape index (κ2) is 7.68. The number of hydrogen-bond donors (Lipinski definition) is 1. The van der Waals surface area contributed by atoms with Crippen LogP contribution < -0.4 is 5.32 Å². The quantitative estimate of drug-likeness (QED) is 0.755. The first-order valence-corrected chi connectivity index (χ1v) is 9.40. The molecule has 6 heteroatoms. The third kappa shape index (κ3) is 4.10. The molecule has 1 saturated carbocycles. The van der Waals surface area contributed by atoms with Crippen LogP contribution >= 0.6 is 0 Å². The maximum Gasteiger partial charge on any atom is 0.224 e. The Morgan fingerprint density at radius 1 is 1.33 bits per heavy atom. The highest BCUT2D eigenvalue weighted by Crippen LogP contribution is 2.44. The topological polar surface area (TPSA) is 54.0 Å². The van der Waals surface area contributed by atoms with E-state index in [0.29, 0.717) is 25.2 Å². The van der Waals surface area contributed by atoms with Gasteiger partial charge in [0.1, 0.15) is 0 Å². The third-order valence-corrected chi connectivity index (χ3v) is 5.87. The fourth-order valence-corrected chi connectivity index (χ4v) is 4.69. The predicted molar refractivity (Wildman–Crippen MR) is 92.7 cm³/mol. The van der Waals surface area contributed by atoms with Gasteiger partial charge >= 0.3 is 0 Å². The zero-order chi connectivity index (χ0) is 17.2. The SMILES string of the molecule is CN(C)CCCNC(=O)C1CC2CC3(CC[C@H]2N(C)C1)OCCO3. The van der Waals surface area contributed by atoms with Gasteiger partial charge in [-0.1, -0.05) is 0 Å². The molecular formula is C18H33N3O3. The van der Waals surface area contributed by atoms with Crippen LogP contribution in [0.2, 0.25) is 0 Å². The van der Waals surface area contributed by atoms with E-state index in [9.17, 15) is 4.79 Å². The molecule has 2 aliphatic heterocycles. The van der Waals surface area contributed by atoms with Gasteiger partial charge < -0.3 is 24.6 Å². The highest BCUT2D eigenvalue weighted by molar-refractivity contribution is 5.79. The summed E-state index contributed by atoms with van der Waals surface area (Å²) in [6.07, 6.45) is 4.99. The number of nitrogens with one attached hydrogen (secondary N) is 1. The Hall–Kier alpha value is -0.690. The van der Waals surface area contributed by atoms with Gasteiger partial charge in [-0.05, 0) is 52.9 Å². The highest BCUT2D eigenvalue weighted by atomic mass is 16.7. The minimum atomic E-state index is -0.355. The molecule has 3 fully saturated rings. The molecule has 0 aromatic carbocycles. The van der Waals surface area contributed by atoms with Crippen LogP contribution in [0.1, 0.15) is 32.1 Å². The number of ether oxygens (including phenoxy) is 2. The monoisotopic (exact) mass is 339 g/mol. The molecule has 1 amide bonds. The first kappa shape index (κ1) is 18.1. The van der Waals surface area contributed by atoms with Gasteiger partial charge in [0.05, 0.1) is 19.1 Å². The van der Waals surface area contributed by atoms with Crippen molar-refractivity contribution in [2.45, 2.75) is 43.9 Å².